The Morgan fingerprint density at radius 1 is 1.35 bits per heavy atom. The third kappa shape index (κ3) is 2.35. The number of nitrogens with two attached hydrogens (primary N) is 1. The molecule has 1 aromatic carbocycles. The Bertz CT molecular complexity index is 478. The second-order valence-corrected chi connectivity index (χ2v) is 4.44. The smallest absolute Gasteiger partial charge is 0.134 e. The van der Waals surface area contributed by atoms with Gasteiger partial charge in [-0.1, -0.05) is 31.5 Å². The SMILES string of the molecule is CCC(CNC)C(N)c1coc2ccccc12. The van der Waals surface area contributed by atoms with Crippen LogP contribution in [0.15, 0.2) is 34.9 Å². The molecule has 3 N–H and O–H groups in total. The first kappa shape index (κ1) is 12.1. The highest BCUT2D eigenvalue weighted by Gasteiger charge is 2.20. The molecule has 0 aliphatic carbocycles. The van der Waals surface area contributed by atoms with E-state index in [1.54, 1.807) is 6.26 Å². The summed E-state index contributed by atoms with van der Waals surface area (Å²) >= 11 is 0. The molecule has 3 nitrogen and oxygen atoms in total. The van der Waals surface area contributed by atoms with Gasteiger partial charge in [0.05, 0.1) is 6.26 Å². The molecule has 0 saturated heterocycles. The molecule has 1 aromatic heterocycles. The number of furan rings is 1. The molecule has 17 heavy (non-hydrogen) atoms. The Hall–Kier alpha value is -1.32. The molecular formula is C14H20N2O. The van der Waals surface area contributed by atoms with Gasteiger partial charge in [0.1, 0.15) is 5.58 Å². The summed E-state index contributed by atoms with van der Waals surface area (Å²) in [6, 6.07) is 8.07. The first-order valence-corrected chi connectivity index (χ1v) is 6.14. The van der Waals surface area contributed by atoms with Crippen LogP contribution >= 0.6 is 0 Å². The van der Waals surface area contributed by atoms with Gasteiger partial charge in [-0.15, -0.1) is 0 Å². The van der Waals surface area contributed by atoms with Crippen LogP contribution in [0.2, 0.25) is 0 Å². The van der Waals surface area contributed by atoms with E-state index in [2.05, 4.69) is 18.3 Å². The highest BCUT2D eigenvalue weighted by atomic mass is 16.3. The molecule has 2 aromatic rings. The van der Waals surface area contributed by atoms with Crippen molar-refractivity contribution in [2.75, 3.05) is 13.6 Å². The van der Waals surface area contributed by atoms with E-state index in [4.69, 9.17) is 10.2 Å². The summed E-state index contributed by atoms with van der Waals surface area (Å²) < 4.78 is 5.54. The number of fused-ring (bicyclic) bond motifs is 1. The van der Waals surface area contributed by atoms with Crippen molar-refractivity contribution >= 4 is 11.0 Å². The molecule has 3 heteroatoms. The van der Waals surface area contributed by atoms with Gasteiger partial charge in [0.2, 0.25) is 0 Å². The summed E-state index contributed by atoms with van der Waals surface area (Å²) in [5.74, 6) is 0.431. The third-order valence-corrected chi connectivity index (χ3v) is 3.37. The summed E-state index contributed by atoms with van der Waals surface area (Å²) in [4.78, 5) is 0. The van der Waals surface area contributed by atoms with Gasteiger partial charge in [-0.2, -0.15) is 0 Å². The van der Waals surface area contributed by atoms with E-state index in [-0.39, 0.29) is 6.04 Å². The molecule has 0 aliphatic rings. The van der Waals surface area contributed by atoms with Crippen LogP contribution in [0.3, 0.4) is 0 Å². The van der Waals surface area contributed by atoms with Crippen LogP contribution in [0.5, 0.6) is 0 Å². The minimum absolute atomic E-state index is 0.0242. The van der Waals surface area contributed by atoms with E-state index in [9.17, 15) is 0 Å². The topological polar surface area (TPSA) is 51.2 Å². The molecule has 2 unspecified atom stereocenters. The van der Waals surface area contributed by atoms with Crippen LogP contribution in [0, 0.1) is 5.92 Å². The van der Waals surface area contributed by atoms with Crippen molar-refractivity contribution in [2.24, 2.45) is 11.7 Å². The van der Waals surface area contributed by atoms with Crippen LogP contribution in [-0.4, -0.2) is 13.6 Å². The molecule has 2 atom stereocenters. The lowest BCUT2D eigenvalue weighted by molar-refractivity contribution is 0.402. The Morgan fingerprint density at radius 3 is 2.82 bits per heavy atom. The number of hydrogen-bond acceptors (Lipinski definition) is 3. The van der Waals surface area contributed by atoms with E-state index >= 15 is 0 Å². The number of hydrogen-bond donors (Lipinski definition) is 2. The minimum Gasteiger partial charge on any atom is -0.464 e. The van der Waals surface area contributed by atoms with E-state index in [1.165, 1.54) is 0 Å². The van der Waals surface area contributed by atoms with Gasteiger partial charge in [0.15, 0.2) is 0 Å². The summed E-state index contributed by atoms with van der Waals surface area (Å²) in [5.41, 5.74) is 8.37. The van der Waals surface area contributed by atoms with Gasteiger partial charge in [0.25, 0.3) is 0 Å². The molecule has 0 spiro atoms. The van der Waals surface area contributed by atoms with Crippen molar-refractivity contribution < 1.29 is 4.42 Å². The zero-order valence-electron chi connectivity index (χ0n) is 10.4. The van der Waals surface area contributed by atoms with E-state index in [1.807, 2.05) is 25.2 Å². The number of nitrogens with one attached hydrogen (secondary N) is 1. The largest absolute Gasteiger partial charge is 0.464 e. The molecule has 0 fully saturated rings. The zero-order chi connectivity index (χ0) is 12.3. The van der Waals surface area contributed by atoms with Crippen molar-refractivity contribution in [1.82, 2.24) is 5.32 Å². The highest BCUT2D eigenvalue weighted by Crippen LogP contribution is 2.30. The first-order valence-electron chi connectivity index (χ1n) is 6.14. The summed E-state index contributed by atoms with van der Waals surface area (Å²) in [6.07, 6.45) is 2.86. The standard InChI is InChI=1S/C14H20N2O/c1-3-10(8-16-2)14(15)12-9-17-13-7-5-4-6-11(12)13/h4-7,9-10,14,16H,3,8,15H2,1-2H3. The van der Waals surface area contributed by atoms with Crippen LogP contribution in [0.1, 0.15) is 24.9 Å². The van der Waals surface area contributed by atoms with E-state index in [0.29, 0.717) is 5.92 Å². The quantitative estimate of drug-likeness (QED) is 0.833. The molecule has 92 valence electrons. The molecule has 0 bridgehead atoms. The van der Waals surface area contributed by atoms with Gasteiger partial charge in [-0.25, -0.2) is 0 Å². The zero-order valence-corrected chi connectivity index (χ0v) is 10.4. The fourth-order valence-corrected chi connectivity index (χ4v) is 2.30. The molecule has 0 saturated carbocycles. The predicted octanol–water partition coefficient (Wildman–Crippen LogP) is 2.68. The Morgan fingerprint density at radius 2 is 2.12 bits per heavy atom. The average molecular weight is 232 g/mol. The lowest BCUT2D eigenvalue weighted by Crippen LogP contribution is -2.29. The number of benzene rings is 1. The molecule has 0 amide bonds. The number of para-hydroxylation sites is 1. The summed E-state index contributed by atoms with van der Waals surface area (Å²) in [7, 11) is 1.96. The maximum absolute atomic E-state index is 6.35. The molecule has 0 radical (unpaired) electrons. The summed E-state index contributed by atoms with van der Waals surface area (Å²) in [5, 5.41) is 4.33. The summed E-state index contributed by atoms with van der Waals surface area (Å²) in [6.45, 7) is 3.10. The third-order valence-electron chi connectivity index (χ3n) is 3.37. The van der Waals surface area contributed by atoms with Gasteiger partial charge in [-0.05, 0) is 25.6 Å². The first-order chi connectivity index (χ1) is 8.27. The maximum Gasteiger partial charge on any atom is 0.134 e. The fourth-order valence-electron chi connectivity index (χ4n) is 2.30. The van der Waals surface area contributed by atoms with Gasteiger partial charge in [0, 0.05) is 17.0 Å². The van der Waals surface area contributed by atoms with Crippen LogP contribution in [-0.2, 0) is 0 Å². The second kappa shape index (κ2) is 5.34. The van der Waals surface area contributed by atoms with Crippen molar-refractivity contribution in [3.63, 3.8) is 0 Å². The van der Waals surface area contributed by atoms with Crippen molar-refractivity contribution in [1.29, 1.82) is 0 Å². The van der Waals surface area contributed by atoms with Gasteiger partial charge < -0.3 is 15.5 Å². The van der Waals surface area contributed by atoms with Gasteiger partial charge >= 0.3 is 0 Å². The van der Waals surface area contributed by atoms with Crippen LogP contribution in [0.25, 0.3) is 11.0 Å². The number of rotatable bonds is 5. The monoisotopic (exact) mass is 232 g/mol. The second-order valence-electron chi connectivity index (χ2n) is 4.44. The van der Waals surface area contributed by atoms with E-state index in [0.717, 1.165) is 29.5 Å². The van der Waals surface area contributed by atoms with E-state index < -0.39 is 0 Å². The molecular weight excluding hydrogens is 212 g/mol. The maximum atomic E-state index is 6.35. The Kier molecular flexibility index (Phi) is 3.82. The fraction of sp³-hybridized carbons (Fsp3) is 0.429. The normalized spacial score (nSPS) is 15.0. The lowest BCUT2D eigenvalue weighted by Gasteiger charge is -2.21. The van der Waals surface area contributed by atoms with Crippen molar-refractivity contribution in [3.05, 3.63) is 36.1 Å². The van der Waals surface area contributed by atoms with Crippen LogP contribution < -0.4 is 11.1 Å². The molecule has 1 heterocycles. The van der Waals surface area contributed by atoms with Gasteiger partial charge in [-0.3, -0.25) is 0 Å². The lowest BCUT2D eigenvalue weighted by atomic mass is 9.91. The average Bonchev–Trinajstić information content (AvgIpc) is 2.79. The van der Waals surface area contributed by atoms with Crippen molar-refractivity contribution in [2.45, 2.75) is 19.4 Å². The molecule has 2 rings (SSSR count). The Labute approximate surface area is 102 Å². The van der Waals surface area contributed by atoms with Crippen LogP contribution in [0.4, 0.5) is 0 Å². The highest BCUT2D eigenvalue weighted by molar-refractivity contribution is 5.81. The van der Waals surface area contributed by atoms with Crippen molar-refractivity contribution in [3.8, 4) is 0 Å². The predicted molar refractivity (Wildman–Crippen MR) is 70.9 cm³/mol. The Balaban J connectivity index is 2.32. The molecule has 0 aliphatic heterocycles. The minimum atomic E-state index is 0.0242.